The lowest BCUT2D eigenvalue weighted by Crippen LogP contribution is -2.37. The summed E-state index contributed by atoms with van der Waals surface area (Å²) in [6.45, 7) is 5.16. The molecule has 2 atom stereocenters. The number of aryl methyl sites for hydroxylation is 2. The number of fused-ring (bicyclic) bond motifs is 1. The van der Waals surface area contributed by atoms with Crippen LogP contribution < -0.4 is 10.1 Å². The summed E-state index contributed by atoms with van der Waals surface area (Å²) < 4.78 is 6.45. The fraction of sp³-hybridized carbons (Fsp3) is 0.409. The number of ether oxygens (including phenoxy) is 1. The third-order valence-corrected chi connectivity index (χ3v) is 5.51. The van der Waals surface area contributed by atoms with Crippen molar-refractivity contribution in [1.29, 1.82) is 0 Å². The number of nitrogens with one attached hydrogen (secondary N) is 2. The van der Waals surface area contributed by atoms with Crippen molar-refractivity contribution in [3.63, 3.8) is 0 Å². The molecule has 0 bridgehead atoms. The third kappa shape index (κ3) is 3.61. The number of hydrogen-bond acceptors (Lipinski definition) is 3. The minimum absolute atomic E-state index is 0.277. The Morgan fingerprint density at radius 1 is 1.19 bits per heavy atom. The second-order valence-electron chi connectivity index (χ2n) is 7.45. The molecule has 0 saturated heterocycles. The normalized spacial score (nSPS) is 20.4. The van der Waals surface area contributed by atoms with Crippen LogP contribution in [-0.2, 0) is 6.54 Å². The van der Waals surface area contributed by atoms with Crippen molar-refractivity contribution in [3.05, 3.63) is 59.3 Å². The van der Waals surface area contributed by atoms with Crippen LogP contribution >= 0.6 is 0 Å². The van der Waals surface area contributed by atoms with E-state index in [1.807, 2.05) is 6.20 Å². The van der Waals surface area contributed by atoms with Crippen LogP contribution in [0.2, 0.25) is 0 Å². The molecule has 26 heavy (non-hydrogen) atoms. The lowest BCUT2D eigenvalue weighted by Gasteiger charge is -2.31. The Morgan fingerprint density at radius 2 is 2.04 bits per heavy atom. The van der Waals surface area contributed by atoms with Crippen LogP contribution in [0.4, 0.5) is 0 Å². The molecule has 1 heterocycles. The maximum absolute atomic E-state index is 6.45. The molecule has 0 aliphatic heterocycles. The highest BCUT2D eigenvalue weighted by Gasteiger charge is 2.24. The van der Waals surface area contributed by atoms with Gasteiger partial charge in [0.25, 0.3) is 0 Å². The fourth-order valence-corrected chi connectivity index (χ4v) is 3.98. The van der Waals surface area contributed by atoms with Crippen LogP contribution in [0, 0.1) is 13.8 Å². The van der Waals surface area contributed by atoms with Crippen molar-refractivity contribution in [1.82, 2.24) is 15.5 Å². The molecule has 136 valence electrons. The molecule has 0 amide bonds. The molecule has 1 saturated carbocycles. The Hall–Kier alpha value is -2.33. The van der Waals surface area contributed by atoms with Crippen LogP contribution in [0.15, 0.2) is 42.6 Å². The average Bonchev–Trinajstić information content (AvgIpc) is 3.16. The lowest BCUT2D eigenvalue weighted by atomic mass is 9.92. The lowest BCUT2D eigenvalue weighted by molar-refractivity contribution is 0.133. The smallest absolute Gasteiger partial charge is 0.123 e. The first-order valence-corrected chi connectivity index (χ1v) is 9.58. The van der Waals surface area contributed by atoms with E-state index in [-0.39, 0.29) is 6.10 Å². The largest absolute Gasteiger partial charge is 0.490 e. The summed E-state index contributed by atoms with van der Waals surface area (Å²) in [6, 6.07) is 13.3. The second kappa shape index (κ2) is 7.50. The van der Waals surface area contributed by atoms with Gasteiger partial charge in [-0.15, -0.1) is 0 Å². The molecule has 0 unspecified atom stereocenters. The number of aromatic nitrogens is 2. The standard InChI is InChI=1S/C22H27N3O/c1-15-11-21(16(2)20-14-24-25-22(15)20)26-19-10-6-9-18(12-19)23-13-17-7-4-3-5-8-17/h3-5,7-8,11,14,18-19,23H,6,9-10,12-13H2,1-2H3,(H,24,25)/t18-,19+/m1/s1. The van der Waals surface area contributed by atoms with Crippen LogP contribution in [0.25, 0.3) is 10.9 Å². The Morgan fingerprint density at radius 3 is 2.88 bits per heavy atom. The fourth-order valence-electron chi connectivity index (χ4n) is 3.98. The van der Waals surface area contributed by atoms with Crippen molar-refractivity contribution in [2.24, 2.45) is 0 Å². The molecule has 2 aromatic carbocycles. The van der Waals surface area contributed by atoms with Crippen LogP contribution in [0.3, 0.4) is 0 Å². The van der Waals surface area contributed by atoms with E-state index in [1.54, 1.807) is 0 Å². The molecule has 3 aromatic rings. The minimum atomic E-state index is 0.277. The third-order valence-electron chi connectivity index (χ3n) is 5.51. The van der Waals surface area contributed by atoms with Gasteiger partial charge in [-0.2, -0.15) is 5.10 Å². The molecule has 0 radical (unpaired) electrons. The van der Waals surface area contributed by atoms with Crippen molar-refractivity contribution in [3.8, 4) is 5.75 Å². The van der Waals surface area contributed by atoms with Gasteiger partial charge in [0.1, 0.15) is 11.9 Å². The molecule has 4 nitrogen and oxygen atoms in total. The molecule has 1 aromatic heterocycles. The molecule has 4 rings (SSSR count). The van der Waals surface area contributed by atoms with Gasteiger partial charge in [0.15, 0.2) is 0 Å². The first-order chi connectivity index (χ1) is 12.7. The van der Waals surface area contributed by atoms with Crippen molar-refractivity contribution in [2.75, 3.05) is 0 Å². The van der Waals surface area contributed by atoms with E-state index in [9.17, 15) is 0 Å². The predicted molar refractivity (Wildman–Crippen MR) is 106 cm³/mol. The first kappa shape index (κ1) is 17.1. The first-order valence-electron chi connectivity index (χ1n) is 9.58. The Kier molecular flexibility index (Phi) is 4.93. The molecule has 2 N–H and O–H groups in total. The van der Waals surface area contributed by atoms with Crippen LogP contribution in [0.5, 0.6) is 5.75 Å². The summed E-state index contributed by atoms with van der Waals surface area (Å²) in [5, 5.41) is 12.1. The predicted octanol–water partition coefficient (Wildman–Crippen LogP) is 4.66. The van der Waals surface area contributed by atoms with Gasteiger partial charge in [-0.1, -0.05) is 30.3 Å². The Balaban J connectivity index is 1.41. The highest BCUT2D eigenvalue weighted by molar-refractivity contribution is 5.86. The van der Waals surface area contributed by atoms with Crippen molar-refractivity contribution in [2.45, 2.75) is 58.2 Å². The maximum atomic E-state index is 6.45. The highest BCUT2D eigenvalue weighted by Crippen LogP contribution is 2.32. The van der Waals surface area contributed by atoms with E-state index in [0.29, 0.717) is 6.04 Å². The second-order valence-corrected chi connectivity index (χ2v) is 7.45. The number of nitrogens with zero attached hydrogens (tertiary/aromatic N) is 1. The Labute approximate surface area is 155 Å². The van der Waals surface area contributed by atoms with E-state index in [1.165, 1.54) is 29.5 Å². The van der Waals surface area contributed by atoms with Crippen LogP contribution in [0.1, 0.15) is 42.4 Å². The van der Waals surface area contributed by atoms with E-state index < -0.39 is 0 Å². The van der Waals surface area contributed by atoms with Crippen molar-refractivity contribution < 1.29 is 4.74 Å². The van der Waals surface area contributed by atoms with Gasteiger partial charge >= 0.3 is 0 Å². The van der Waals surface area contributed by atoms with Gasteiger partial charge in [-0.25, -0.2) is 0 Å². The number of aromatic amines is 1. The van der Waals surface area contributed by atoms with E-state index in [2.05, 4.69) is 65.8 Å². The van der Waals surface area contributed by atoms with Gasteiger partial charge in [0.2, 0.25) is 0 Å². The SMILES string of the molecule is Cc1c(O[C@H]2CCC[C@@H](NCc3ccccc3)C2)cc(C)c2[nH]ncc12. The number of H-pyrrole nitrogens is 1. The quantitative estimate of drug-likeness (QED) is 0.704. The zero-order chi connectivity index (χ0) is 17.9. The molecule has 0 spiro atoms. The highest BCUT2D eigenvalue weighted by atomic mass is 16.5. The molecule has 4 heteroatoms. The molecular weight excluding hydrogens is 322 g/mol. The maximum Gasteiger partial charge on any atom is 0.123 e. The monoisotopic (exact) mass is 349 g/mol. The van der Waals surface area contributed by atoms with Gasteiger partial charge in [-0.05, 0) is 56.7 Å². The summed E-state index contributed by atoms with van der Waals surface area (Å²) in [5.74, 6) is 1.00. The molecule has 1 aliphatic carbocycles. The summed E-state index contributed by atoms with van der Waals surface area (Å²) >= 11 is 0. The summed E-state index contributed by atoms with van der Waals surface area (Å²) in [6.07, 6.45) is 6.81. The number of benzene rings is 2. The minimum Gasteiger partial charge on any atom is -0.490 e. The topological polar surface area (TPSA) is 49.9 Å². The van der Waals surface area contributed by atoms with E-state index in [4.69, 9.17) is 4.74 Å². The van der Waals surface area contributed by atoms with Crippen molar-refractivity contribution >= 4 is 10.9 Å². The summed E-state index contributed by atoms with van der Waals surface area (Å²) in [4.78, 5) is 0. The molecule has 1 fully saturated rings. The summed E-state index contributed by atoms with van der Waals surface area (Å²) in [5.41, 5.74) is 4.82. The van der Waals surface area contributed by atoms with Gasteiger partial charge in [-0.3, -0.25) is 5.10 Å². The number of hydrogen-bond donors (Lipinski definition) is 2. The van der Waals surface area contributed by atoms with E-state index in [0.717, 1.165) is 36.0 Å². The van der Waals surface area contributed by atoms with Gasteiger partial charge in [0, 0.05) is 23.5 Å². The summed E-state index contributed by atoms with van der Waals surface area (Å²) in [7, 11) is 0. The zero-order valence-corrected chi connectivity index (χ0v) is 15.6. The number of rotatable bonds is 5. The Bertz CT molecular complexity index is 872. The van der Waals surface area contributed by atoms with Gasteiger partial charge < -0.3 is 10.1 Å². The van der Waals surface area contributed by atoms with Gasteiger partial charge in [0.05, 0.1) is 11.7 Å². The average molecular weight is 349 g/mol. The molecule has 1 aliphatic rings. The molecular formula is C22H27N3O. The zero-order valence-electron chi connectivity index (χ0n) is 15.6. The van der Waals surface area contributed by atoms with E-state index >= 15 is 0 Å². The van der Waals surface area contributed by atoms with Crippen LogP contribution in [-0.4, -0.2) is 22.3 Å².